The molecule has 3 N–H and O–H groups in total. The molecule has 0 saturated carbocycles. The molecule has 0 spiro atoms. The minimum Gasteiger partial charge on any atom is -0.396 e. The van der Waals surface area contributed by atoms with Crippen molar-refractivity contribution in [3.63, 3.8) is 0 Å². The highest BCUT2D eigenvalue weighted by Crippen LogP contribution is 2.08. The number of carbonyl (C=O) groups is 1. The molecule has 84 valence electrons. The number of aliphatic hydroxyl groups excluding tert-OH is 1. The van der Waals surface area contributed by atoms with Crippen molar-refractivity contribution in [2.45, 2.75) is 25.4 Å². The van der Waals surface area contributed by atoms with E-state index in [1.807, 2.05) is 6.26 Å². The van der Waals surface area contributed by atoms with Crippen LogP contribution in [0.4, 0.5) is 0 Å². The van der Waals surface area contributed by atoms with Crippen molar-refractivity contribution in [2.24, 2.45) is 0 Å². The van der Waals surface area contributed by atoms with E-state index in [1.54, 1.807) is 6.92 Å². The lowest BCUT2D eigenvalue weighted by Gasteiger charge is -2.22. The van der Waals surface area contributed by atoms with Gasteiger partial charge in [0.05, 0.1) is 5.60 Å². The van der Waals surface area contributed by atoms with Crippen molar-refractivity contribution in [1.29, 1.82) is 0 Å². The second-order valence-electron chi connectivity index (χ2n) is 3.53. The second-order valence-corrected chi connectivity index (χ2v) is 4.40. The van der Waals surface area contributed by atoms with Crippen LogP contribution in [0.25, 0.3) is 0 Å². The van der Waals surface area contributed by atoms with Gasteiger partial charge in [0.1, 0.15) is 0 Å². The normalized spacial score (nSPS) is 14.9. The SMILES string of the molecule is CSCC(C)(O)CNC(=O)CCCO. The summed E-state index contributed by atoms with van der Waals surface area (Å²) in [4.78, 5) is 11.1. The van der Waals surface area contributed by atoms with Crippen molar-refractivity contribution < 1.29 is 15.0 Å². The molecule has 0 saturated heterocycles. The molecule has 1 atom stereocenters. The Bertz CT molecular complexity index is 173. The van der Waals surface area contributed by atoms with Crippen LogP contribution in [0.5, 0.6) is 0 Å². The highest BCUT2D eigenvalue weighted by Gasteiger charge is 2.19. The summed E-state index contributed by atoms with van der Waals surface area (Å²) in [7, 11) is 0. The van der Waals surface area contributed by atoms with Crippen LogP contribution >= 0.6 is 11.8 Å². The summed E-state index contributed by atoms with van der Waals surface area (Å²) in [5, 5.41) is 20.8. The molecular formula is C9H19NO3S. The molecule has 0 rings (SSSR count). The van der Waals surface area contributed by atoms with Crippen molar-refractivity contribution >= 4 is 17.7 Å². The number of hydrogen-bond acceptors (Lipinski definition) is 4. The molecule has 0 fully saturated rings. The monoisotopic (exact) mass is 221 g/mol. The first-order valence-corrected chi connectivity index (χ1v) is 6.00. The smallest absolute Gasteiger partial charge is 0.220 e. The first-order chi connectivity index (χ1) is 6.52. The molecule has 1 unspecified atom stereocenters. The van der Waals surface area contributed by atoms with Gasteiger partial charge in [0.25, 0.3) is 0 Å². The van der Waals surface area contributed by atoms with Crippen LogP contribution in [0.2, 0.25) is 0 Å². The predicted molar refractivity (Wildman–Crippen MR) is 58.3 cm³/mol. The molecule has 0 aliphatic carbocycles. The second kappa shape index (κ2) is 7.09. The number of hydrogen-bond donors (Lipinski definition) is 3. The van der Waals surface area contributed by atoms with Crippen LogP contribution in [-0.4, -0.2) is 46.9 Å². The molecule has 0 aliphatic heterocycles. The zero-order chi connectivity index (χ0) is 11.0. The van der Waals surface area contributed by atoms with E-state index in [-0.39, 0.29) is 19.1 Å². The van der Waals surface area contributed by atoms with Crippen molar-refractivity contribution in [2.75, 3.05) is 25.2 Å². The Morgan fingerprint density at radius 1 is 1.57 bits per heavy atom. The van der Waals surface area contributed by atoms with Gasteiger partial charge in [-0.3, -0.25) is 4.79 Å². The fourth-order valence-electron chi connectivity index (χ4n) is 0.979. The van der Waals surface area contributed by atoms with Crippen molar-refractivity contribution in [3.05, 3.63) is 0 Å². The number of carbonyl (C=O) groups excluding carboxylic acids is 1. The van der Waals surface area contributed by atoms with Crippen LogP contribution in [0.15, 0.2) is 0 Å². The average Bonchev–Trinajstić information content (AvgIpc) is 2.11. The maximum atomic E-state index is 11.1. The Balaban J connectivity index is 3.64. The fourth-order valence-corrected chi connectivity index (χ4v) is 1.70. The van der Waals surface area contributed by atoms with Gasteiger partial charge in [-0.1, -0.05) is 0 Å². The largest absolute Gasteiger partial charge is 0.396 e. The van der Waals surface area contributed by atoms with Crippen molar-refractivity contribution in [3.8, 4) is 0 Å². The van der Waals surface area contributed by atoms with E-state index >= 15 is 0 Å². The van der Waals surface area contributed by atoms with E-state index in [2.05, 4.69) is 5.32 Å². The number of thioether (sulfide) groups is 1. The van der Waals surface area contributed by atoms with Crippen LogP contribution in [-0.2, 0) is 4.79 Å². The number of nitrogens with one attached hydrogen (secondary N) is 1. The van der Waals surface area contributed by atoms with Gasteiger partial charge in [0.15, 0.2) is 0 Å². The quantitative estimate of drug-likeness (QED) is 0.565. The highest BCUT2D eigenvalue weighted by molar-refractivity contribution is 7.98. The fraction of sp³-hybridized carbons (Fsp3) is 0.889. The first-order valence-electron chi connectivity index (χ1n) is 4.61. The molecule has 1 amide bonds. The number of aliphatic hydroxyl groups is 2. The summed E-state index contributed by atoms with van der Waals surface area (Å²) < 4.78 is 0. The van der Waals surface area contributed by atoms with Crippen molar-refractivity contribution in [1.82, 2.24) is 5.32 Å². The third-order valence-corrected chi connectivity index (χ3v) is 2.59. The molecule has 0 radical (unpaired) electrons. The Morgan fingerprint density at radius 3 is 2.71 bits per heavy atom. The minimum atomic E-state index is -0.853. The summed E-state index contributed by atoms with van der Waals surface area (Å²) in [5.41, 5.74) is -0.853. The zero-order valence-corrected chi connectivity index (χ0v) is 9.56. The summed E-state index contributed by atoms with van der Waals surface area (Å²) in [6.07, 6.45) is 2.68. The van der Waals surface area contributed by atoms with Gasteiger partial charge in [-0.25, -0.2) is 0 Å². The highest BCUT2D eigenvalue weighted by atomic mass is 32.2. The van der Waals surface area contributed by atoms with E-state index in [0.717, 1.165) is 0 Å². The van der Waals surface area contributed by atoms with E-state index in [4.69, 9.17) is 5.11 Å². The van der Waals surface area contributed by atoms with Gasteiger partial charge in [-0.2, -0.15) is 11.8 Å². The van der Waals surface area contributed by atoms with Gasteiger partial charge >= 0.3 is 0 Å². The van der Waals surface area contributed by atoms with E-state index in [1.165, 1.54) is 11.8 Å². The summed E-state index contributed by atoms with van der Waals surface area (Å²) in [5.74, 6) is 0.466. The predicted octanol–water partition coefficient (Wildman–Crippen LogP) is -0.0109. The molecule has 0 aromatic carbocycles. The lowest BCUT2D eigenvalue weighted by molar-refractivity contribution is -0.122. The summed E-state index contributed by atoms with van der Waals surface area (Å²) in [6, 6.07) is 0. The summed E-state index contributed by atoms with van der Waals surface area (Å²) >= 11 is 1.54. The Labute approximate surface area is 89.1 Å². The average molecular weight is 221 g/mol. The Kier molecular flexibility index (Phi) is 6.96. The number of amides is 1. The van der Waals surface area contributed by atoms with Gasteiger partial charge in [-0.15, -0.1) is 0 Å². The Hall–Kier alpha value is -0.260. The third kappa shape index (κ3) is 7.17. The van der Waals surface area contributed by atoms with Gasteiger partial charge < -0.3 is 15.5 Å². The maximum absolute atomic E-state index is 11.1. The molecule has 0 aromatic rings. The van der Waals surface area contributed by atoms with Gasteiger partial charge in [0, 0.05) is 25.3 Å². The first kappa shape index (κ1) is 13.7. The van der Waals surface area contributed by atoms with Crippen LogP contribution < -0.4 is 5.32 Å². The molecule has 0 aliphatic rings. The molecule has 0 bridgehead atoms. The standard InChI is InChI=1S/C9H19NO3S/c1-9(13,7-14-2)6-10-8(12)4-3-5-11/h11,13H,3-7H2,1-2H3,(H,10,12). The molecule has 14 heavy (non-hydrogen) atoms. The molecular weight excluding hydrogens is 202 g/mol. The lowest BCUT2D eigenvalue weighted by Crippen LogP contribution is -2.42. The molecule has 0 aromatic heterocycles. The topological polar surface area (TPSA) is 69.6 Å². The zero-order valence-electron chi connectivity index (χ0n) is 8.75. The number of rotatable bonds is 7. The van der Waals surface area contributed by atoms with Crippen LogP contribution in [0, 0.1) is 0 Å². The summed E-state index contributed by atoms with van der Waals surface area (Å²) in [6.45, 7) is 1.97. The molecule has 5 heteroatoms. The van der Waals surface area contributed by atoms with E-state index < -0.39 is 5.60 Å². The minimum absolute atomic E-state index is 0.0224. The van der Waals surface area contributed by atoms with E-state index in [9.17, 15) is 9.90 Å². The lowest BCUT2D eigenvalue weighted by atomic mass is 10.1. The van der Waals surface area contributed by atoms with Crippen LogP contribution in [0.1, 0.15) is 19.8 Å². The third-order valence-electron chi connectivity index (χ3n) is 1.68. The maximum Gasteiger partial charge on any atom is 0.220 e. The van der Waals surface area contributed by atoms with E-state index in [0.29, 0.717) is 18.6 Å². The Morgan fingerprint density at radius 2 is 2.21 bits per heavy atom. The van der Waals surface area contributed by atoms with Gasteiger partial charge in [0.2, 0.25) is 5.91 Å². The van der Waals surface area contributed by atoms with Gasteiger partial charge in [-0.05, 0) is 19.6 Å². The molecule has 0 heterocycles. The van der Waals surface area contributed by atoms with Crippen LogP contribution in [0.3, 0.4) is 0 Å². The molecule has 4 nitrogen and oxygen atoms in total.